The first-order valence-electron chi connectivity index (χ1n) is 6.76. The Balaban J connectivity index is 1.96. The molecule has 4 heteroatoms. The average Bonchev–Trinajstić information content (AvgIpc) is 2.30. The summed E-state index contributed by atoms with van der Waals surface area (Å²) < 4.78 is 0. The second kappa shape index (κ2) is 5.85. The van der Waals surface area contributed by atoms with E-state index in [2.05, 4.69) is 29.0 Å². The lowest BCUT2D eigenvalue weighted by Crippen LogP contribution is -2.28. The van der Waals surface area contributed by atoms with Gasteiger partial charge in [0.15, 0.2) is 0 Å². The molecule has 98 valence electrons. The minimum atomic E-state index is 0.138. The predicted octanol–water partition coefficient (Wildman–Crippen LogP) is 2.67. The van der Waals surface area contributed by atoms with Crippen LogP contribution in [0.5, 0.6) is 0 Å². The number of pyridine rings is 1. The van der Waals surface area contributed by atoms with E-state index in [-0.39, 0.29) is 11.8 Å². The van der Waals surface area contributed by atoms with E-state index in [0.29, 0.717) is 0 Å². The highest BCUT2D eigenvalue weighted by Gasteiger charge is 2.25. The summed E-state index contributed by atoms with van der Waals surface area (Å²) in [7, 11) is 0. The van der Waals surface area contributed by atoms with Crippen LogP contribution in [-0.4, -0.2) is 24.0 Å². The van der Waals surface area contributed by atoms with E-state index in [9.17, 15) is 4.79 Å². The molecule has 0 aliphatic heterocycles. The van der Waals surface area contributed by atoms with Crippen molar-refractivity contribution < 1.29 is 4.79 Å². The lowest BCUT2D eigenvalue weighted by atomic mass is 9.85. The van der Waals surface area contributed by atoms with Crippen LogP contribution in [0.3, 0.4) is 0 Å². The lowest BCUT2D eigenvalue weighted by molar-refractivity contribution is -0.122. The zero-order valence-electron chi connectivity index (χ0n) is 11.1. The van der Waals surface area contributed by atoms with Crippen molar-refractivity contribution >= 4 is 17.4 Å². The summed E-state index contributed by atoms with van der Waals surface area (Å²) in [6.07, 6.45) is 4.97. The normalized spacial score (nSPS) is 15.0. The first kappa shape index (κ1) is 12.9. The molecule has 0 atom stereocenters. The summed E-state index contributed by atoms with van der Waals surface area (Å²) >= 11 is 0. The van der Waals surface area contributed by atoms with Gasteiger partial charge in [0.25, 0.3) is 0 Å². The minimum Gasteiger partial charge on any atom is -0.357 e. The summed E-state index contributed by atoms with van der Waals surface area (Å²) in [5, 5.41) is 2.93. The lowest BCUT2D eigenvalue weighted by Gasteiger charge is -2.24. The van der Waals surface area contributed by atoms with Crippen LogP contribution in [0.25, 0.3) is 0 Å². The van der Waals surface area contributed by atoms with Gasteiger partial charge in [-0.05, 0) is 38.8 Å². The van der Waals surface area contributed by atoms with Gasteiger partial charge in [-0.1, -0.05) is 6.42 Å². The van der Waals surface area contributed by atoms with Crippen molar-refractivity contribution in [3.05, 3.63) is 18.3 Å². The fourth-order valence-corrected chi connectivity index (χ4v) is 2.11. The Kier molecular flexibility index (Phi) is 4.18. The van der Waals surface area contributed by atoms with Crippen molar-refractivity contribution in [2.75, 3.05) is 23.3 Å². The first-order chi connectivity index (χ1) is 8.74. The Labute approximate surface area is 108 Å². The number of amides is 1. The van der Waals surface area contributed by atoms with Gasteiger partial charge in [-0.15, -0.1) is 0 Å². The van der Waals surface area contributed by atoms with E-state index in [1.54, 1.807) is 6.20 Å². The fraction of sp³-hybridized carbons (Fsp3) is 0.571. The number of aromatic nitrogens is 1. The molecule has 1 saturated carbocycles. The van der Waals surface area contributed by atoms with Crippen LogP contribution in [0.4, 0.5) is 11.5 Å². The number of hydrogen-bond acceptors (Lipinski definition) is 3. The quantitative estimate of drug-likeness (QED) is 0.870. The van der Waals surface area contributed by atoms with Crippen molar-refractivity contribution in [3.8, 4) is 0 Å². The number of nitrogens with zero attached hydrogens (tertiary/aromatic N) is 2. The van der Waals surface area contributed by atoms with E-state index >= 15 is 0 Å². The Morgan fingerprint density at radius 3 is 2.56 bits per heavy atom. The Hall–Kier alpha value is -1.58. The number of hydrogen-bond donors (Lipinski definition) is 1. The standard InChI is InChI=1S/C14H21N3O/c1-3-17(4-2)13-9-8-12(10-15-13)16-14(18)11-6-5-7-11/h8-11H,3-7H2,1-2H3,(H,16,18). The number of nitrogens with one attached hydrogen (secondary N) is 1. The van der Waals surface area contributed by atoms with E-state index in [1.165, 1.54) is 6.42 Å². The van der Waals surface area contributed by atoms with Crippen LogP contribution in [0.15, 0.2) is 18.3 Å². The van der Waals surface area contributed by atoms with Crippen LogP contribution >= 0.6 is 0 Å². The van der Waals surface area contributed by atoms with Gasteiger partial charge in [-0.2, -0.15) is 0 Å². The van der Waals surface area contributed by atoms with E-state index in [4.69, 9.17) is 0 Å². The number of anilines is 2. The van der Waals surface area contributed by atoms with Gasteiger partial charge in [0.2, 0.25) is 5.91 Å². The molecule has 1 heterocycles. The largest absolute Gasteiger partial charge is 0.357 e. The molecule has 18 heavy (non-hydrogen) atoms. The van der Waals surface area contributed by atoms with Crippen LogP contribution in [0, 0.1) is 5.92 Å². The van der Waals surface area contributed by atoms with Crippen molar-refractivity contribution in [2.45, 2.75) is 33.1 Å². The van der Waals surface area contributed by atoms with Gasteiger partial charge in [0.1, 0.15) is 5.82 Å². The van der Waals surface area contributed by atoms with Crippen LogP contribution in [-0.2, 0) is 4.79 Å². The molecule has 1 aliphatic carbocycles. The molecule has 0 radical (unpaired) electrons. The molecular formula is C14H21N3O. The summed E-state index contributed by atoms with van der Waals surface area (Å²) in [5.41, 5.74) is 0.794. The molecule has 1 aromatic heterocycles. The molecule has 1 aliphatic rings. The molecular weight excluding hydrogens is 226 g/mol. The Morgan fingerprint density at radius 1 is 1.39 bits per heavy atom. The summed E-state index contributed by atoms with van der Waals surface area (Å²) in [5.74, 6) is 1.31. The number of carbonyl (C=O) groups excluding carboxylic acids is 1. The molecule has 4 nitrogen and oxygen atoms in total. The third-order valence-corrected chi connectivity index (χ3v) is 3.58. The van der Waals surface area contributed by atoms with Crippen molar-refractivity contribution in [1.29, 1.82) is 0 Å². The number of carbonyl (C=O) groups is 1. The van der Waals surface area contributed by atoms with Crippen LogP contribution in [0.2, 0.25) is 0 Å². The summed E-state index contributed by atoms with van der Waals surface area (Å²) in [6, 6.07) is 3.89. The average molecular weight is 247 g/mol. The Morgan fingerprint density at radius 2 is 2.11 bits per heavy atom. The Bertz CT molecular complexity index is 394. The molecule has 0 unspecified atom stereocenters. The highest BCUT2D eigenvalue weighted by Crippen LogP contribution is 2.27. The minimum absolute atomic E-state index is 0.138. The molecule has 1 aromatic rings. The maximum Gasteiger partial charge on any atom is 0.227 e. The molecule has 0 bridgehead atoms. The second-order valence-electron chi connectivity index (χ2n) is 4.69. The van der Waals surface area contributed by atoms with Crippen LogP contribution in [0.1, 0.15) is 33.1 Å². The van der Waals surface area contributed by atoms with Gasteiger partial charge in [0, 0.05) is 19.0 Å². The third-order valence-electron chi connectivity index (χ3n) is 3.58. The number of rotatable bonds is 5. The molecule has 1 fully saturated rings. The third kappa shape index (κ3) is 2.81. The highest BCUT2D eigenvalue weighted by atomic mass is 16.1. The van der Waals surface area contributed by atoms with Gasteiger partial charge >= 0.3 is 0 Å². The first-order valence-corrected chi connectivity index (χ1v) is 6.76. The van der Waals surface area contributed by atoms with Crippen molar-refractivity contribution in [3.63, 3.8) is 0 Å². The van der Waals surface area contributed by atoms with E-state index in [0.717, 1.165) is 37.4 Å². The molecule has 1 amide bonds. The molecule has 0 spiro atoms. The topological polar surface area (TPSA) is 45.2 Å². The fourth-order valence-electron chi connectivity index (χ4n) is 2.11. The second-order valence-corrected chi connectivity index (χ2v) is 4.69. The van der Waals surface area contributed by atoms with Crippen molar-refractivity contribution in [2.24, 2.45) is 5.92 Å². The molecule has 1 N–H and O–H groups in total. The maximum atomic E-state index is 11.8. The summed E-state index contributed by atoms with van der Waals surface area (Å²) in [6.45, 7) is 6.10. The smallest absolute Gasteiger partial charge is 0.227 e. The SMILES string of the molecule is CCN(CC)c1ccc(NC(=O)C2CCC2)cn1. The zero-order chi connectivity index (χ0) is 13.0. The van der Waals surface area contributed by atoms with Gasteiger partial charge < -0.3 is 10.2 Å². The van der Waals surface area contributed by atoms with Gasteiger partial charge in [-0.3, -0.25) is 4.79 Å². The molecule has 0 aromatic carbocycles. The highest BCUT2D eigenvalue weighted by molar-refractivity contribution is 5.92. The molecule has 2 rings (SSSR count). The van der Waals surface area contributed by atoms with Crippen molar-refractivity contribution in [1.82, 2.24) is 4.98 Å². The van der Waals surface area contributed by atoms with Gasteiger partial charge in [0.05, 0.1) is 11.9 Å². The zero-order valence-corrected chi connectivity index (χ0v) is 11.1. The van der Waals surface area contributed by atoms with Crippen LogP contribution < -0.4 is 10.2 Å². The monoisotopic (exact) mass is 247 g/mol. The maximum absolute atomic E-state index is 11.8. The molecule has 0 saturated heterocycles. The van der Waals surface area contributed by atoms with E-state index < -0.39 is 0 Å². The van der Waals surface area contributed by atoms with Gasteiger partial charge in [-0.25, -0.2) is 4.98 Å². The predicted molar refractivity (Wildman–Crippen MR) is 73.8 cm³/mol. The summed E-state index contributed by atoms with van der Waals surface area (Å²) in [4.78, 5) is 18.3. The van der Waals surface area contributed by atoms with E-state index in [1.807, 2.05) is 12.1 Å².